The second kappa shape index (κ2) is 6.08. The lowest BCUT2D eigenvalue weighted by Gasteiger charge is -1.99. The minimum atomic E-state index is -0.426. The number of esters is 1. The van der Waals surface area contributed by atoms with Crippen LogP contribution < -0.4 is 9.47 Å². The zero-order valence-electron chi connectivity index (χ0n) is 12.7. The van der Waals surface area contributed by atoms with Crippen molar-refractivity contribution in [2.75, 3.05) is 6.79 Å². The molecule has 0 atom stereocenters. The van der Waals surface area contributed by atoms with Crippen molar-refractivity contribution in [1.29, 1.82) is 0 Å². The van der Waals surface area contributed by atoms with Crippen LogP contribution in [0.4, 0.5) is 0 Å². The predicted molar refractivity (Wildman–Crippen MR) is 86.6 cm³/mol. The largest absolute Gasteiger partial charge is 0.456 e. The number of ether oxygens (including phenoxy) is 3. The molecule has 2 aromatic heterocycles. The Balaban J connectivity index is 1.37. The second-order valence-corrected chi connectivity index (χ2v) is 5.25. The number of nitrogens with zero attached hydrogens (tertiary/aromatic N) is 2. The first-order valence-electron chi connectivity index (χ1n) is 7.45. The number of carbonyl (C=O) groups is 1. The van der Waals surface area contributed by atoms with Crippen molar-refractivity contribution in [2.45, 2.75) is 6.61 Å². The molecule has 3 aromatic rings. The lowest BCUT2D eigenvalue weighted by molar-refractivity contribution is -0.139. The highest BCUT2D eigenvalue weighted by atomic mass is 16.7. The average molecular weight is 322 g/mol. The maximum atomic E-state index is 11.8. The fraction of sp³-hybridized carbons (Fsp3) is 0.111. The minimum absolute atomic E-state index is 0.131. The Bertz CT molecular complexity index is 897. The predicted octanol–water partition coefficient (Wildman–Crippen LogP) is 2.82. The van der Waals surface area contributed by atoms with Crippen molar-refractivity contribution in [3.8, 4) is 11.5 Å². The van der Waals surface area contributed by atoms with Gasteiger partial charge in [0.1, 0.15) is 12.3 Å². The number of imidazole rings is 1. The molecule has 1 aliphatic heterocycles. The highest BCUT2D eigenvalue weighted by Gasteiger charge is 2.12. The van der Waals surface area contributed by atoms with Gasteiger partial charge < -0.3 is 18.6 Å². The molecule has 4 rings (SSSR count). The SMILES string of the molecule is O=C(C=Cc1ccc2c(c1)OCO2)OCc1cn2ccccc2n1. The smallest absolute Gasteiger partial charge is 0.331 e. The van der Waals surface area contributed by atoms with Crippen molar-refractivity contribution < 1.29 is 19.0 Å². The first-order valence-corrected chi connectivity index (χ1v) is 7.45. The van der Waals surface area contributed by atoms with E-state index in [1.165, 1.54) is 6.08 Å². The van der Waals surface area contributed by atoms with E-state index in [4.69, 9.17) is 14.2 Å². The summed E-state index contributed by atoms with van der Waals surface area (Å²) in [5.41, 5.74) is 2.36. The van der Waals surface area contributed by atoms with E-state index in [9.17, 15) is 4.79 Å². The second-order valence-electron chi connectivity index (χ2n) is 5.25. The molecule has 0 bridgehead atoms. The fourth-order valence-corrected chi connectivity index (χ4v) is 2.43. The third-order valence-electron chi connectivity index (χ3n) is 3.58. The summed E-state index contributed by atoms with van der Waals surface area (Å²) in [6.45, 7) is 0.357. The van der Waals surface area contributed by atoms with Gasteiger partial charge in [-0.2, -0.15) is 0 Å². The molecule has 1 aliphatic rings. The molecule has 0 saturated heterocycles. The van der Waals surface area contributed by atoms with Crippen LogP contribution >= 0.6 is 0 Å². The molecule has 6 nitrogen and oxygen atoms in total. The van der Waals surface area contributed by atoms with Crippen LogP contribution in [0.25, 0.3) is 11.7 Å². The molecule has 0 spiro atoms. The van der Waals surface area contributed by atoms with Crippen molar-refractivity contribution in [2.24, 2.45) is 0 Å². The highest BCUT2D eigenvalue weighted by Crippen LogP contribution is 2.32. The van der Waals surface area contributed by atoms with Gasteiger partial charge in [-0.3, -0.25) is 0 Å². The first kappa shape index (κ1) is 14.3. The van der Waals surface area contributed by atoms with Crippen LogP contribution in [-0.4, -0.2) is 22.1 Å². The standard InChI is InChI=1S/C18H14N2O4/c21-18(7-5-13-4-6-15-16(9-13)24-12-23-15)22-11-14-10-20-8-2-1-3-17(20)19-14/h1-10H,11-12H2. The van der Waals surface area contributed by atoms with Crippen molar-refractivity contribution in [3.63, 3.8) is 0 Å². The van der Waals surface area contributed by atoms with Crippen LogP contribution in [0.15, 0.2) is 54.9 Å². The van der Waals surface area contributed by atoms with Gasteiger partial charge in [-0.1, -0.05) is 12.1 Å². The van der Waals surface area contributed by atoms with Gasteiger partial charge >= 0.3 is 5.97 Å². The number of benzene rings is 1. The molecular formula is C18H14N2O4. The van der Waals surface area contributed by atoms with Gasteiger partial charge in [0.25, 0.3) is 0 Å². The summed E-state index contributed by atoms with van der Waals surface area (Å²) in [5.74, 6) is 0.960. The Morgan fingerprint density at radius 3 is 3.08 bits per heavy atom. The number of rotatable bonds is 4. The third kappa shape index (κ3) is 2.94. The number of carbonyl (C=O) groups excluding carboxylic acids is 1. The van der Waals surface area contributed by atoms with Crippen LogP contribution in [0.2, 0.25) is 0 Å². The molecule has 0 radical (unpaired) electrons. The van der Waals surface area contributed by atoms with E-state index < -0.39 is 5.97 Å². The van der Waals surface area contributed by atoms with Crippen molar-refractivity contribution in [1.82, 2.24) is 9.38 Å². The Morgan fingerprint density at radius 1 is 1.25 bits per heavy atom. The van der Waals surface area contributed by atoms with Gasteiger partial charge in [0, 0.05) is 18.5 Å². The number of fused-ring (bicyclic) bond motifs is 2. The van der Waals surface area contributed by atoms with E-state index in [1.807, 2.05) is 53.2 Å². The van der Waals surface area contributed by atoms with Crippen LogP contribution in [0.1, 0.15) is 11.3 Å². The van der Waals surface area contributed by atoms with E-state index in [-0.39, 0.29) is 13.4 Å². The molecule has 0 aliphatic carbocycles. The Morgan fingerprint density at radius 2 is 2.17 bits per heavy atom. The molecule has 0 unspecified atom stereocenters. The topological polar surface area (TPSA) is 62.1 Å². The summed E-state index contributed by atoms with van der Waals surface area (Å²) < 4.78 is 17.6. The van der Waals surface area contributed by atoms with Crippen molar-refractivity contribution in [3.05, 3.63) is 66.1 Å². The summed E-state index contributed by atoms with van der Waals surface area (Å²) >= 11 is 0. The van der Waals surface area contributed by atoms with Crippen LogP contribution in [0, 0.1) is 0 Å². The summed E-state index contributed by atoms with van der Waals surface area (Å²) in [7, 11) is 0. The molecule has 24 heavy (non-hydrogen) atoms. The lowest BCUT2D eigenvalue weighted by Crippen LogP contribution is -2.00. The van der Waals surface area contributed by atoms with E-state index in [0.29, 0.717) is 17.2 Å². The normalized spacial score (nSPS) is 12.8. The average Bonchev–Trinajstić information content (AvgIpc) is 3.23. The monoisotopic (exact) mass is 322 g/mol. The Hall–Kier alpha value is -3.28. The maximum absolute atomic E-state index is 11.8. The van der Waals surface area contributed by atoms with Gasteiger partial charge in [0.15, 0.2) is 11.5 Å². The number of hydrogen-bond acceptors (Lipinski definition) is 5. The van der Waals surface area contributed by atoms with Gasteiger partial charge in [0.05, 0.1) is 5.69 Å². The molecule has 120 valence electrons. The third-order valence-corrected chi connectivity index (χ3v) is 3.58. The van der Waals surface area contributed by atoms with Gasteiger partial charge in [0.2, 0.25) is 6.79 Å². The summed E-state index contributed by atoms with van der Waals surface area (Å²) in [5, 5.41) is 0. The van der Waals surface area contributed by atoms with E-state index in [1.54, 1.807) is 6.08 Å². The summed E-state index contributed by atoms with van der Waals surface area (Å²) in [6, 6.07) is 11.2. The molecular weight excluding hydrogens is 308 g/mol. The number of aromatic nitrogens is 2. The van der Waals surface area contributed by atoms with Gasteiger partial charge in [-0.25, -0.2) is 9.78 Å². The van der Waals surface area contributed by atoms with Gasteiger partial charge in [-0.15, -0.1) is 0 Å². The molecule has 6 heteroatoms. The van der Waals surface area contributed by atoms with E-state index in [2.05, 4.69) is 4.98 Å². The lowest BCUT2D eigenvalue weighted by atomic mass is 10.2. The summed E-state index contributed by atoms with van der Waals surface area (Å²) in [4.78, 5) is 16.2. The molecule has 0 saturated carbocycles. The van der Waals surface area contributed by atoms with Crippen LogP contribution in [0.3, 0.4) is 0 Å². The fourth-order valence-electron chi connectivity index (χ4n) is 2.43. The highest BCUT2D eigenvalue weighted by molar-refractivity contribution is 5.87. The van der Waals surface area contributed by atoms with Gasteiger partial charge in [-0.05, 0) is 35.9 Å². The number of pyridine rings is 1. The first-order chi connectivity index (χ1) is 11.8. The maximum Gasteiger partial charge on any atom is 0.331 e. The zero-order valence-corrected chi connectivity index (χ0v) is 12.7. The minimum Gasteiger partial charge on any atom is -0.456 e. The Kier molecular flexibility index (Phi) is 3.63. The quantitative estimate of drug-likeness (QED) is 0.546. The Labute approximate surface area is 137 Å². The van der Waals surface area contributed by atoms with E-state index >= 15 is 0 Å². The molecule has 1 aromatic carbocycles. The molecule has 3 heterocycles. The molecule has 0 fully saturated rings. The number of hydrogen-bond donors (Lipinski definition) is 0. The van der Waals surface area contributed by atoms with Crippen LogP contribution in [0.5, 0.6) is 11.5 Å². The molecule has 0 N–H and O–H groups in total. The van der Waals surface area contributed by atoms with Crippen molar-refractivity contribution >= 4 is 17.7 Å². The van der Waals surface area contributed by atoms with Crippen LogP contribution in [-0.2, 0) is 16.1 Å². The van der Waals surface area contributed by atoms with E-state index in [0.717, 1.165) is 11.2 Å². The summed E-state index contributed by atoms with van der Waals surface area (Å²) in [6.07, 6.45) is 6.79. The zero-order chi connectivity index (χ0) is 16.4. The molecule has 0 amide bonds.